The molecule has 128 valence electrons. The molecule has 0 unspecified atom stereocenters. The number of rotatable bonds is 4. The van der Waals surface area contributed by atoms with Crippen LogP contribution in [0.25, 0.3) is 34.7 Å². The molecule has 0 spiro atoms. The number of hydrogen-bond acceptors (Lipinski definition) is 4. The Morgan fingerprint density at radius 1 is 0.923 bits per heavy atom. The summed E-state index contributed by atoms with van der Waals surface area (Å²) in [5.74, 6) is 1.20. The second-order valence-corrected chi connectivity index (χ2v) is 5.87. The Morgan fingerprint density at radius 3 is 2.42 bits per heavy atom. The van der Waals surface area contributed by atoms with E-state index in [0.717, 1.165) is 27.8 Å². The van der Waals surface area contributed by atoms with Gasteiger partial charge in [0.2, 0.25) is 5.89 Å². The van der Waals surface area contributed by atoms with E-state index in [-0.39, 0.29) is 5.75 Å². The fourth-order valence-corrected chi connectivity index (χ4v) is 2.72. The summed E-state index contributed by atoms with van der Waals surface area (Å²) < 4.78 is 10.9. The largest absolute Gasteiger partial charge is 0.504 e. The van der Waals surface area contributed by atoms with Crippen molar-refractivity contribution in [2.24, 2.45) is 0 Å². The van der Waals surface area contributed by atoms with Crippen LogP contribution >= 0.6 is 0 Å². The standard InChI is InChI=1S/C22H17NO3/c1-25-21-14-16(10-13-19(21)24)7-6-15-8-11-17(12-9-15)22-23-18-4-2-3-5-20(18)26-22/h2-14,24H,1H3. The average Bonchev–Trinajstić information content (AvgIpc) is 3.12. The minimum absolute atomic E-state index is 0.132. The van der Waals surface area contributed by atoms with E-state index in [1.54, 1.807) is 12.1 Å². The lowest BCUT2D eigenvalue weighted by molar-refractivity contribution is 0.373. The molecule has 3 aromatic carbocycles. The minimum Gasteiger partial charge on any atom is -0.504 e. The molecule has 26 heavy (non-hydrogen) atoms. The van der Waals surface area contributed by atoms with Crippen molar-refractivity contribution in [3.8, 4) is 23.0 Å². The van der Waals surface area contributed by atoms with Gasteiger partial charge in [-0.25, -0.2) is 4.98 Å². The van der Waals surface area contributed by atoms with Gasteiger partial charge >= 0.3 is 0 Å². The number of oxazole rings is 1. The van der Waals surface area contributed by atoms with Crippen molar-refractivity contribution in [3.63, 3.8) is 0 Å². The molecule has 0 saturated carbocycles. The highest BCUT2D eigenvalue weighted by molar-refractivity contribution is 5.77. The third kappa shape index (κ3) is 3.17. The highest BCUT2D eigenvalue weighted by atomic mass is 16.5. The molecule has 0 fully saturated rings. The van der Waals surface area contributed by atoms with Crippen LogP contribution in [0, 0.1) is 0 Å². The topological polar surface area (TPSA) is 55.5 Å². The van der Waals surface area contributed by atoms with Crippen molar-refractivity contribution in [1.29, 1.82) is 0 Å². The Balaban J connectivity index is 1.56. The summed E-state index contributed by atoms with van der Waals surface area (Å²) in [6.07, 6.45) is 3.97. The second kappa shape index (κ2) is 6.76. The highest BCUT2D eigenvalue weighted by Gasteiger charge is 2.07. The fraction of sp³-hybridized carbons (Fsp3) is 0.0455. The minimum atomic E-state index is 0.132. The first-order chi connectivity index (χ1) is 12.7. The van der Waals surface area contributed by atoms with Gasteiger partial charge in [0.15, 0.2) is 17.1 Å². The van der Waals surface area contributed by atoms with Crippen LogP contribution in [0.4, 0.5) is 0 Å². The Hall–Kier alpha value is -3.53. The first kappa shape index (κ1) is 16.0. The van der Waals surface area contributed by atoms with Gasteiger partial charge in [-0.05, 0) is 47.5 Å². The number of ether oxygens (including phenoxy) is 1. The van der Waals surface area contributed by atoms with Crippen molar-refractivity contribution in [3.05, 3.63) is 77.9 Å². The molecule has 0 aliphatic carbocycles. The van der Waals surface area contributed by atoms with Crippen LogP contribution in [0.5, 0.6) is 11.5 Å². The van der Waals surface area contributed by atoms with E-state index in [2.05, 4.69) is 4.98 Å². The van der Waals surface area contributed by atoms with Crippen molar-refractivity contribution in [2.45, 2.75) is 0 Å². The van der Waals surface area contributed by atoms with Gasteiger partial charge in [0.1, 0.15) is 5.52 Å². The summed E-state index contributed by atoms with van der Waals surface area (Å²) in [4.78, 5) is 4.51. The zero-order valence-corrected chi connectivity index (χ0v) is 14.2. The third-order valence-electron chi connectivity index (χ3n) is 4.12. The molecule has 0 aliphatic heterocycles. The van der Waals surface area contributed by atoms with Crippen LogP contribution in [0.3, 0.4) is 0 Å². The molecular formula is C22H17NO3. The number of phenols is 1. The zero-order valence-electron chi connectivity index (χ0n) is 14.2. The number of aromatic hydroxyl groups is 1. The van der Waals surface area contributed by atoms with Gasteiger partial charge in [0.05, 0.1) is 7.11 Å². The van der Waals surface area contributed by atoms with E-state index in [4.69, 9.17) is 9.15 Å². The molecule has 1 aromatic heterocycles. The van der Waals surface area contributed by atoms with Crippen LogP contribution in [0.15, 0.2) is 71.1 Å². The number of para-hydroxylation sites is 2. The Kier molecular flexibility index (Phi) is 4.15. The highest BCUT2D eigenvalue weighted by Crippen LogP contribution is 2.27. The predicted octanol–water partition coefficient (Wildman–Crippen LogP) is 5.38. The second-order valence-electron chi connectivity index (χ2n) is 5.87. The molecule has 0 saturated heterocycles. The monoisotopic (exact) mass is 343 g/mol. The van der Waals surface area contributed by atoms with Crippen molar-refractivity contribution in [1.82, 2.24) is 4.98 Å². The van der Waals surface area contributed by atoms with E-state index >= 15 is 0 Å². The number of fused-ring (bicyclic) bond motifs is 1. The summed E-state index contributed by atoms with van der Waals surface area (Å²) in [5, 5.41) is 9.65. The smallest absolute Gasteiger partial charge is 0.227 e. The number of methoxy groups -OCH3 is 1. The summed E-state index contributed by atoms with van der Waals surface area (Å²) in [7, 11) is 1.54. The third-order valence-corrected chi connectivity index (χ3v) is 4.12. The first-order valence-electron chi connectivity index (χ1n) is 8.24. The maximum Gasteiger partial charge on any atom is 0.227 e. The fourth-order valence-electron chi connectivity index (χ4n) is 2.72. The molecule has 0 amide bonds. The van der Waals surface area contributed by atoms with Crippen molar-refractivity contribution >= 4 is 23.3 Å². The van der Waals surface area contributed by atoms with Crippen LogP contribution < -0.4 is 4.74 Å². The molecular weight excluding hydrogens is 326 g/mol. The molecule has 0 radical (unpaired) electrons. The number of phenolic OH excluding ortho intramolecular Hbond substituents is 1. The quantitative estimate of drug-likeness (QED) is 0.506. The Bertz CT molecular complexity index is 1050. The van der Waals surface area contributed by atoms with Crippen LogP contribution in [0.1, 0.15) is 11.1 Å². The van der Waals surface area contributed by atoms with E-state index in [1.807, 2.05) is 66.7 Å². The zero-order chi connectivity index (χ0) is 17.9. The summed E-state index contributed by atoms with van der Waals surface area (Å²) in [6, 6.07) is 21.0. The van der Waals surface area contributed by atoms with Gasteiger partial charge in [-0.15, -0.1) is 0 Å². The van der Waals surface area contributed by atoms with E-state index < -0.39 is 0 Å². The summed E-state index contributed by atoms with van der Waals surface area (Å²) in [5.41, 5.74) is 4.57. The first-order valence-corrected chi connectivity index (χ1v) is 8.24. The van der Waals surface area contributed by atoms with E-state index in [1.165, 1.54) is 7.11 Å². The van der Waals surface area contributed by atoms with Gasteiger partial charge in [-0.2, -0.15) is 0 Å². The summed E-state index contributed by atoms with van der Waals surface area (Å²) >= 11 is 0. The molecule has 4 nitrogen and oxygen atoms in total. The van der Waals surface area contributed by atoms with Gasteiger partial charge in [0.25, 0.3) is 0 Å². The van der Waals surface area contributed by atoms with E-state index in [0.29, 0.717) is 11.6 Å². The molecule has 0 atom stereocenters. The summed E-state index contributed by atoms with van der Waals surface area (Å²) in [6.45, 7) is 0. The SMILES string of the molecule is COc1cc(C=Cc2ccc(-c3nc4ccccc4o3)cc2)ccc1O. The van der Waals surface area contributed by atoms with Gasteiger partial charge in [-0.1, -0.05) is 42.5 Å². The molecule has 4 aromatic rings. The van der Waals surface area contributed by atoms with Gasteiger partial charge in [-0.3, -0.25) is 0 Å². The molecule has 0 bridgehead atoms. The molecule has 4 heteroatoms. The molecule has 1 N–H and O–H groups in total. The van der Waals surface area contributed by atoms with E-state index in [9.17, 15) is 5.11 Å². The Morgan fingerprint density at radius 2 is 1.65 bits per heavy atom. The van der Waals surface area contributed by atoms with Crippen molar-refractivity contribution < 1.29 is 14.3 Å². The molecule has 4 rings (SSSR count). The normalized spacial score (nSPS) is 11.3. The number of nitrogens with zero attached hydrogens (tertiary/aromatic N) is 1. The molecule has 0 aliphatic rings. The lowest BCUT2D eigenvalue weighted by Crippen LogP contribution is -1.84. The lowest BCUT2D eigenvalue weighted by atomic mass is 10.1. The van der Waals surface area contributed by atoms with Crippen LogP contribution in [-0.2, 0) is 0 Å². The molecule has 1 heterocycles. The number of hydrogen-bond donors (Lipinski definition) is 1. The maximum absolute atomic E-state index is 9.65. The van der Waals surface area contributed by atoms with Gasteiger partial charge < -0.3 is 14.3 Å². The van der Waals surface area contributed by atoms with Crippen LogP contribution in [0.2, 0.25) is 0 Å². The number of aromatic nitrogens is 1. The van der Waals surface area contributed by atoms with Crippen LogP contribution in [-0.4, -0.2) is 17.2 Å². The Labute approximate surface area is 151 Å². The predicted molar refractivity (Wildman–Crippen MR) is 103 cm³/mol. The van der Waals surface area contributed by atoms with Gasteiger partial charge in [0, 0.05) is 5.56 Å². The van der Waals surface area contributed by atoms with Crippen molar-refractivity contribution in [2.75, 3.05) is 7.11 Å². The average molecular weight is 343 g/mol. The maximum atomic E-state index is 9.65. The number of benzene rings is 3. The lowest BCUT2D eigenvalue weighted by Gasteiger charge is -2.03.